The van der Waals surface area contributed by atoms with Gasteiger partial charge < -0.3 is 4.74 Å². The van der Waals surface area contributed by atoms with Gasteiger partial charge in [-0.25, -0.2) is 9.97 Å². The third-order valence-electron chi connectivity index (χ3n) is 9.23. The van der Waals surface area contributed by atoms with E-state index in [1.807, 2.05) is 36.7 Å². The number of nitrogens with zero attached hydrogens (tertiary/aromatic N) is 2. The number of unbranched alkanes of at least 4 members (excludes halogenated alkanes) is 5. The molecular formula is C34H50N2O2. The Kier molecular flexibility index (Phi) is 11.6. The molecule has 2 aliphatic rings. The maximum absolute atomic E-state index is 12.9. The van der Waals surface area contributed by atoms with Crippen LogP contribution in [0.1, 0.15) is 122 Å². The van der Waals surface area contributed by atoms with Crippen LogP contribution in [0.5, 0.6) is 5.75 Å². The van der Waals surface area contributed by atoms with Crippen LogP contribution in [0.3, 0.4) is 0 Å². The van der Waals surface area contributed by atoms with Crippen molar-refractivity contribution in [2.45, 2.75) is 123 Å². The highest BCUT2D eigenvalue weighted by atomic mass is 16.5. The highest BCUT2D eigenvalue weighted by molar-refractivity contribution is 5.75. The van der Waals surface area contributed by atoms with Crippen LogP contribution >= 0.6 is 0 Å². The van der Waals surface area contributed by atoms with Crippen LogP contribution in [0.4, 0.5) is 0 Å². The van der Waals surface area contributed by atoms with E-state index >= 15 is 0 Å². The third kappa shape index (κ3) is 8.64. The summed E-state index contributed by atoms with van der Waals surface area (Å²) < 4.78 is 5.79. The molecule has 0 saturated heterocycles. The first kappa shape index (κ1) is 28.8. The lowest BCUT2D eigenvalue weighted by Gasteiger charge is -2.37. The molecule has 0 aliphatic heterocycles. The number of rotatable bonds is 13. The molecule has 38 heavy (non-hydrogen) atoms. The van der Waals surface area contributed by atoms with Gasteiger partial charge in [0.25, 0.3) is 0 Å². The maximum atomic E-state index is 12.9. The first-order chi connectivity index (χ1) is 18.7. The van der Waals surface area contributed by atoms with Crippen LogP contribution in [0.2, 0.25) is 0 Å². The Hall–Kier alpha value is -2.23. The smallest absolute Gasteiger partial charge is 0.314 e. The second-order valence-corrected chi connectivity index (χ2v) is 12.1. The zero-order chi connectivity index (χ0) is 26.6. The lowest BCUT2D eigenvalue weighted by Crippen LogP contribution is -2.30. The maximum Gasteiger partial charge on any atom is 0.314 e. The number of hydrogen-bond donors (Lipinski definition) is 0. The molecule has 1 aromatic carbocycles. The van der Waals surface area contributed by atoms with E-state index in [0.717, 1.165) is 49.0 Å². The third-order valence-corrected chi connectivity index (χ3v) is 9.23. The Morgan fingerprint density at radius 1 is 0.763 bits per heavy atom. The van der Waals surface area contributed by atoms with Gasteiger partial charge in [-0.15, -0.1) is 0 Å². The normalized spacial score (nSPS) is 23.7. The molecule has 0 N–H and O–H groups in total. The topological polar surface area (TPSA) is 52.1 Å². The summed E-state index contributed by atoms with van der Waals surface area (Å²) in [6.07, 6.45) is 25.7. The number of carbonyl (C=O) groups excluding carboxylic acids is 1. The number of carbonyl (C=O) groups is 1. The molecule has 4 rings (SSSR count). The molecule has 2 aromatic rings. The predicted molar refractivity (Wildman–Crippen MR) is 156 cm³/mol. The fraction of sp³-hybridized carbons (Fsp3) is 0.676. The molecule has 208 valence electrons. The van der Waals surface area contributed by atoms with Crippen molar-refractivity contribution in [2.24, 2.45) is 23.7 Å². The van der Waals surface area contributed by atoms with Gasteiger partial charge in [0.2, 0.25) is 0 Å². The molecule has 1 heterocycles. The van der Waals surface area contributed by atoms with Crippen molar-refractivity contribution in [3.05, 3.63) is 42.2 Å². The van der Waals surface area contributed by atoms with E-state index in [4.69, 9.17) is 4.74 Å². The lowest BCUT2D eigenvalue weighted by molar-refractivity contribution is -0.140. The predicted octanol–water partition coefficient (Wildman–Crippen LogP) is 9.36. The highest BCUT2D eigenvalue weighted by Gasteiger charge is 2.33. The Labute approximate surface area is 231 Å². The minimum absolute atomic E-state index is 0.0457. The minimum Gasteiger partial charge on any atom is -0.426 e. The van der Waals surface area contributed by atoms with Gasteiger partial charge in [0.15, 0.2) is 5.82 Å². The van der Waals surface area contributed by atoms with Crippen molar-refractivity contribution in [3.63, 3.8) is 0 Å². The zero-order valence-electron chi connectivity index (χ0n) is 24.0. The van der Waals surface area contributed by atoms with Crippen molar-refractivity contribution in [2.75, 3.05) is 0 Å². The molecule has 2 fully saturated rings. The first-order valence-electron chi connectivity index (χ1n) is 15.8. The van der Waals surface area contributed by atoms with E-state index in [2.05, 4.69) is 23.8 Å². The van der Waals surface area contributed by atoms with Crippen molar-refractivity contribution in [1.82, 2.24) is 9.97 Å². The fourth-order valence-corrected chi connectivity index (χ4v) is 6.70. The van der Waals surface area contributed by atoms with Gasteiger partial charge in [0.1, 0.15) is 5.75 Å². The van der Waals surface area contributed by atoms with E-state index in [9.17, 15) is 4.79 Å². The van der Waals surface area contributed by atoms with Gasteiger partial charge in [-0.3, -0.25) is 4.79 Å². The highest BCUT2D eigenvalue weighted by Crippen LogP contribution is 2.42. The molecule has 2 aliphatic carbocycles. The minimum atomic E-state index is -0.0560. The molecular weight excluding hydrogens is 468 g/mol. The van der Waals surface area contributed by atoms with E-state index < -0.39 is 0 Å². The average Bonchev–Trinajstić information content (AvgIpc) is 2.97. The van der Waals surface area contributed by atoms with Gasteiger partial charge in [0, 0.05) is 18.0 Å². The largest absolute Gasteiger partial charge is 0.426 e. The summed E-state index contributed by atoms with van der Waals surface area (Å²) in [6, 6.07) is 7.63. The average molecular weight is 519 g/mol. The zero-order valence-corrected chi connectivity index (χ0v) is 24.0. The summed E-state index contributed by atoms with van der Waals surface area (Å²) in [5.74, 6) is 4.00. The summed E-state index contributed by atoms with van der Waals surface area (Å²) in [4.78, 5) is 21.9. The van der Waals surface area contributed by atoms with Gasteiger partial charge in [-0.2, -0.15) is 0 Å². The van der Waals surface area contributed by atoms with Gasteiger partial charge in [-0.1, -0.05) is 71.6 Å². The van der Waals surface area contributed by atoms with Crippen molar-refractivity contribution < 1.29 is 9.53 Å². The molecule has 4 nitrogen and oxygen atoms in total. The molecule has 1 aromatic heterocycles. The molecule has 0 bridgehead atoms. The molecule has 4 heteroatoms. The Bertz CT molecular complexity index is 939. The number of benzene rings is 1. The summed E-state index contributed by atoms with van der Waals surface area (Å²) in [7, 11) is 0. The quantitative estimate of drug-likeness (QED) is 0.151. The lowest BCUT2D eigenvalue weighted by atomic mass is 9.68. The number of aromatic nitrogens is 2. The van der Waals surface area contributed by atoms with Crippen molar-refractivity contribution in [3.8, 4) is 17.1 Å². The monoisotopic (exact) mass is 518 g/mol. The van der Waals surface area contributed by atoms with Crippen LogP contribution in [0.15, 0.2) is 36.7 Å². The fourth-order valence-electron chi connectivity index (χ4n) is 6.70. The van der Waals surface area contributed by atoms with E-state index in [1.165, 1.54) is 89.0 Å². The second-order valence-electron chi connectivity index (χ2n) is 12.1. The summed E-state index contributed by atoms with van der Waals surface area (Å²) in [5, 5.41) is 0. The van der Waals surface area contributed by atoms with Crippen LogP contribution < -0.4 is 4.74 Å². The molecule has 0 spiro atoms. The van der Waals surface area contributed by atoms with E-state index in [-0.39, 0.29) is 11.9 Å². The Morgan fingerprint density at radius 3 is 2.00 bits per heavy atom. The molecule has 0 radical (unpaired) electrons. The molecule has 0 unspecified atom stereocenters. The summed E-state index contributed by atoms with van der Waals surface area (Å²) >= 11 is 0. The van der Waals surface area contributed by atoms with E-state index in [1.54, 1.807) is 0 Å². The SMILES string of the molecule is CCCCCCC[C@H]1CC[C@H]([C@H]2CC[C@H](C(=O)Oc3ccc(-c4ncc(CCCC)cn4)cc3)CC2)CC1. The second kappa shape index (κ2) is 15.4. The molecule has 0 atom stereocenters. The van der Waals surface area contributed by atoms with Gasteiger partial charge in [-0.05, 0) is 98.9 Å². The van der Waals surface area contributed by atoms with Crippen LogP contribution in [0.25, 0.3) is 11.4 Å². The first-order valence-corrected chi connectivity index (χ1v) is 15.8. The standard InChI is InChI=1S/C34H50N2O2/c1-3-5-7-8-9-11-26-12-14-28(15-13-26)29-16-18-31(19-17-29)34(37)38-32-22-20-30(21-23-32)33-35-24-27(25-36-33)10-6-4-2/h20-26,28-29,31H,3-19H2,1-2H3/t26-,28-,29-,31-. The Morgan fingerprint density at radius 2 is 1.37 bits per heavy atom. The van der Waals surface area contributed by atoms with Crippen LogP contribution in [0, 0.1) is 23.7 Å². The summed E-state index contributed by atoms with van der Waals surface area (Å²) in [5.41, 5.74) is 2.12. The van der Waals surface area contributed by atoms with Crippen molar-refractivity contribution in [1.29, 1.82) is 0 Å². The van der Waals surface area contributed by atoms with Gasteiger partial charge in [0.05, 0.1) is 5.92 Å². The summed E-state index contributed by atoms with van der Waals surface area (Å²) in [6.45, 7) is 4.48. The van der Waals surface area contributed by atoms with E-state index in [0.29, 0.717) is 11.6 Å². The van der Waals surface area contributed by atoms with Gasteiger partial charge >= 0.3 is 5.97 Å². The van der Waals surface area contributed by atoms with Crippen LogP contribution in [-0.2, 0) is 11.2 Å². The van der Waals surface area contributed by atoms with Crippen LogP contribution in [-0.4, -0.2) is 15.9 Å². The Balaban J connectivity index is 1.16. The number of aryl methyl sites for hydroxylation is 1. The number of hydrogen-bond acceptors (Lipinski definition) is 4. The molecule has 0 amide bonds. The number of ether oxygens (including phenoxy) is 1. The number of esters is 1. The van der Waals surface area contributed by atoms with Crippen molar-refractivity contribution >= 4 is 5.97 Å². The molecule has 2 saturated carbocycles.